The van der Waals surface area contributed by atoms with Gasteiger partial charge >= 0.3 is 23.6 Å². The van der Waals surface area contributed by atoms with Crippen LogP contribution in [0.2, 0.25) is 10.0 Å². The minimum Gasteiger partial charge on any atom is -0.458 e. The van der Waals surface area contributed by atoms with Crippen LogP contribution >= 0.6 is 23.2 Å². The Labute approximate surface area is 203 Å². The summed E-state index contributed by atoms with van der Waals surface area (Å²) >= 11 is 11.7. The topological polar surface area (TPSA) is 142 Å². The van der Waals surface area contributed by atoms with E-state index >= 15 is 0 Å². The monoisotopic (exact) mass is 501 g/mol. The lowest BCUT2D eigenvalue weighted by molar-refractivity contribution is -0.136. The Hall–Kier alpha value is -4.15. The highest BCUT2D eigenvalue weighted by molar-refractivity contribution is 6.43. The molecule has 0 aliphatic rings. The van der Waals surface area contributed by atoms with Crippen LogP contribution in [0.25, 0.3) is 0 Å². The minimum atomic E-state index is -1.02. The maximum atomic E-state index is 11.9. The van der Waals surface area contributed by atoms with E-state index < -0.39 is 23.6 Å². The molecule has 0 unspecified atom stereocenters. The highest BCUT2D eigenvalue weighted by atomic mass is 35.5. The summed E-state index contributed by atoms with van der Waals surface area (Å²) in [5.41, 5.74) is 2.83. The molecule has 3 aromatic rings. The molecular weight excluding hydrogens is 485 g/mol. The Morgan fingerprint density at radius 2 is 1.50 bits per heavy atom. The number of anilines is 2. The quantitative estimate of drug-likeness (QED) is 0.233. The standard InChI is InChI=1S/C22H17Cl2N5O5/c23-17-9-6-14(10-18(17)24)28-21(32)22(33)29-26-12-16-8-7-15(34-16)11-25-19(30)20(31)27-13-4-2-1-3-5-13/h1-10,12H,11H2,(H,25,30)(H,27,31)(H,28,32)(H,29,33)/b26-12+. The van der Waals surface area contributed by atoms with Crippen LogP contribution < -0.4 is 21.4 Å². The van der Waals surface area contributed by atoms with Gasteiger partial charge in [-0.15, -0.1) is 0 Å². The van der Waals surface area contributed by atoms with Crippen LogP contribution in [0, 0.1) is 0 Å². The summed E-state index contributed by atoms with van der Waals surface area (Å²) in [7, 11) is 0. The van der Waals surface area contributed by atoms with Crippen LogP contribution in [0.5, 0.6) is 0 Å². The molecule has 10 nitrogen and oxygen atoms in total. The smallest absolute Gasteiger partial charge is 0.329 e. The number of furan rings is 1. The Kier molecular flexibility index (Phi) is 8.38. The van der Waals surface area contributed by atoms with E-state index in [2.05, 4.69) is 26.5 Å². The number of nitrogens with one attached hydrogen (secondary N) is 4. The van der Waals surface area contributed by atoms with Gasteiger partial charge in [-0.1, -0.05) is 41.4 Å². The average molecular weight is 502 g/mol. The lowest BCUT2D eigenvalue weighted by Gasteiger charge is -2.05. The lowest BCUT2D eigenvalue weighted by Crippen LogP contribution is -2.34. The molecule has 0 spiro atoms. The van der Waals surface area contributed by atoms with Crippen molar-refractivity contribution in [3.05, 3.63) is 82.2 Å². The zero-order valence-corrected chi connectivity index (χ0v) is 18.8. The predicted octanol–water partition coefficient (Wildman–Crippen LogP) is 2.93. The van der Waals surface area contributed by atoms with E-state index in [-0.39, 0.29) is 23.0 Å². The summed E-state index contributed by atoms with van der Waals surface area (Å²) in [5, 5.41) is 11.4. The molecule has 1 aromatic heterocycles. The molecule has 0 bridgehead atoms. The molecule has 0 radical (unpaired) electrons. The number of carbonyl (C=O) groups excluding carboxylic acids is 4. The summed E-state index contributed by atoms with van der Waals surface area (Å²) in [4.78, 5) is 47.6. The molecule has 1 heterocycles. The first-order chi connectivity index (χ1) is 16.3. The van der Waals surface area contributed by atoms with Gasteiger partial charge in [0.2, 0.25) is 0 Å². The molecule has 0 saturated carbocycles. The van der Waals surface area contributed by atoms with E-state index in [0.29, 0.717) is 16.5 Å². The number of nitrogens with zero attached hydrogens (tertiary/aromatic N) is 1. The number of hydrogen-bond donors (Lipinski definition) is 4. The molecule has 0 saturated heterocycles. The van der Waals surface area contributed by atoms with Crippen LogP contribution in [0.4, 0.5) is 11.4 Å². The summed E-state index contributed by atoms with van der Waals surface area (Å²) in [6.07, 6.45) is 1.16. The fourth-order valence-corrected chi connectivity index (χ4v) is 2.78. The largest absolute Gasteiger partial charge is 0.458 e. The van der Waals surface area contributed by atoms with Gasteiger partial charge in [-0.2, -0.15) is 5.10 Å². The molecule has 3 rings (SSSR count). The Balaban J connectivity index is 1.43. The number of para-hydroxylation sites is 1. The van der Waals surface area contributed by atoms with E-state index in [9.17, 15) is 19.2 Å². The van der Waals surface area contributed by atoms with Crippen LogP contribution in [0.15, 0.2) is 70.2 Å². The number of benzene rings is 2. The maximum absolute atomic E-state index is 11.9. The van der Waals surface area contributed by atoms with Gasteiger partial charge in [-0.05, 0) is 42.5 Å². The van der Waals surface area contributed by atoms with Gasteiger partial charge in [0, 0.05) is 11.4 Å². The van der Waals surface area contributed by atoms with Crippen LogP contribution in [0.3, 0.4) is 0 Å². The third-order valence-electron chi connectivity index (χ3n) is 4.09. The van der Waals surface area contributed by atoms with Crippen molar-refractivity contribution in [3.8, 4) is 0 Å². The molecule has 0 aliphatic heterocycles. The second-order valence-electron chi connectivity index (χ2n) is 6.59. The number of rotatable bonds is 6. The van der Waals surface area contributed by atoms with Crippen molar-refractivity contribution in [2.24, 2.45) is 5.10 Å². The van der Waals surface area contributed by atoms with Gasteiger partial charge in [0.05, 0.1) is 22.8 Å². The van der Waals surface area contributed by atoms with Crippen molar-refractivity contribution in [1.82, 2.24) is 10.7 Å². The van der Waals surface area contributed by atoms with E-state index in [4.69, 9.17) is 27.6 Å². The minimum absolute atomic E-state index is 0.0483. The zero-order valence-electron chi connectivity index (χ0n) is 17.3. The van der Waals surface area contributed by atoms with E-state index in [1.54, 1.807) is 36.4 Å². The molecule has 0 fully saturated rings. The summed E-state index contributed by atoms with van der Waals surface area (Å²) in [5.74, 6) is -3.07. The van der Waals surface area contributed by atoms with E-state index in [1.807, 2.05) is 0 Å². The number of amides is 4. The summed E-state index contributed by atoms with van der Waals surface area (Å²) in [6.45, 7) is -0.0483. The Morgan fingerprint density at radius 1 is 0.794 bits per heavy atom. The number of halogens is 2. The average Bonchev–Trinajstić information content (AvgIpc) is 3.28. The van der Waals surface area contributed by atoms with Crippen LogP contribution in [0.1, 0.15) is 11.5 Å². The first-order valence-corrected chi connectivity index (χ1v) is 10.4. The van der Waals surface area contributed by atoms with Crippen molar-refractivity contribution in [2.45, 2.75) is 6.54 Å². The van der Waals surface area contributed by atoms with Gasteiger partial charge in [-0.3, -0.25) is 19.2 Å². The van der Waals surface area contributed by atoms with Crippen LogP contribution in [-0.2, 0) is 25.7 Å². The first-order valence-electron chi connectivity index (χ1n) is 9.64. The SMILES string of the molecule is O=C(NCc1ccc(/C=N/NC(=O)C(=O)Nc2ccc(Cl)c(Cl)c2)o1)C(=O)Nc1ccccc1. The van der Waals surface area contributed by atoms with Crippen LogP contribution in [-0.4, -0.2) is 29.8 Å². The second-order valence-corrected chi connectivity index (χ2v) is 7.40. The van der Waals surface area contributed by atoms with Crippen molar-refractivity contribution < 1.29 is 23.6 Å². The van der Waals surface area contributed by atoms with Gasteiger partial charge in [0.25, 0.3) is 0 Å². The first kappa shape index (κ1) is 24.5. The summed E-state index contributed by atoms with van der Waals surface area (Å²) in [6, 6.07) is 16.0. The molecule has 4 amide bonds. The highest BCUT2D eigenvalue weighted by Gasteiger charge is 2.15. The van der Waals surface area contributed by atoms with Crippen molar-refractivity contribution in [2.75, 3.05) is 10.6 Å². The van der Waals surface area contributed by atoms with Gasteiger partial charge in [0.15, 0.2) is 0 Å². The molecule has 0 atom stereocenters. The predicted molar refractivity (Wildman–Crippen MR) is 126 cm³/mol. The lowest BCUT2D eigenvalue weighted by atomic mass is 10.3. The number of hydrogen-bond acceptors (Lipinski definition) is 6. The molecule has 34 heavy (non-hydrogen) atoms. The number of hydrazone groups is 1. The highest BCUT2D eigenvalue weighted by Crippen LogP contribution is 2.24. The van der Waals surface area contributed by atoms with E-state index in [1.165, 1.54) is 24.3 Å². The fraction of sp³-hybridized carbons (Fsp3) is 0.0455. The molecule has 174 valence electrons. The Bertz CT molecular complexity index is 1240. The van der Waals surface area contributed by atoms with Crippen molar-refractivity contribution in [3.63, 3.8) is 0 Å². The van der Waals surface area contributed by atoms with Crippen molar-refractivity contribution >= 4 is 64.4 Å². The Morgan fingerprint density at radius 3 is 2.24 bits per heavy atom. The van der Waals surface area contributed by atoms with Gasteiger partial charge in [-0.25, -0.2) is 5.43 Å². The summed E-state index contributed by atoms with van der Waals surface area (Å²) < 4.78 is 5.42. The normalized spacial score (nSPS) is 10.5. The third kappa shape index (κ3) is 7.19. The molecule has 4 N–H and O–H groups in total. The number of carbonyl (C=O) groups is 4. The van der Waals surface area contributed by atoms with Crippen molar-refractivity contribution in [1.29, 1.82) is 0 Å². The van der Waals surface area contributed by atoms with E-state index in [0.717, 1.165) is 6.21 Å². The van der Waals surface area contributed by atoms with Gasteiger partial charge < -0.3 is 20.4 Å². The molecular formula is C22H17Cl2N5O5. The fourth-order valence-electron chi connectivity index (χ4n) is 2.48. The third-order valence-corrected chi connectivity index (χ3v) is 4.82. The van der Waals surface area contributed by atoms with Gasteiger partial charge in [0.1, 0.15) is 11.5 Å². The molecule has 12 heteroatoms. The molecule has 2 aromatic carbocycles. The molecule has 0 aliphatic carbocycles. The zero-order chi connectivity index (χ0) is 24.5. The second kappa shape index (κ2) is 11.6. The maximum Gasteiger partial charge on any atom is 0.329 e.